The van der Waals surface area contributed by atoms with Crippen molar-refractivity contribution in [3.8, 4) is 0 Å². The molecule has 25 heavy (non-hydrogen) atoms. The molecule has 3 rings (SSSR count). The van der Waals surface area contributed by atoms with Gasteiger partial charge in [0.2, 0.25) is 15.9 Å². The standard InChI is InChI=1S/C18H22N2O3S2/c1-12(19-13(2)21)17-9-10-18(24-17)25(22,23)20-16-8-7-14-5-3-4-6-15(14)11-16/h3-6,9-10,12,16,20H,7-8,11H2,1-2H3,(H,19,21). The molecule has 1 aromatic heterocycles. The second-order valence-electron chi connectivity index (χ2n) is 6.41. The lowest BCUT2D eigenvalue weighted by Crippen LogP contribution is -2.38. The molecule has 7 heteroatoms. The van der Waals surface area contributed by atoms with Crippen molar-refractivity contribution >= 4 is 27.3 Å². The molecule has 134 valence electrons. The highest BCUT2D eigenvalue weighted by atomic mass is 32.2. The highest BCUT2D eigenvalue weighted by Gasteiger charge is 2.25. The van der Waals surface area contributed by atoms with Gasteiger partial charge in [0.15, 0.2) is 0 Å². The molecule has 0 spiro atoms. The summed E-state index contributed by atoms with van der Waals surface area (Å²) < 4.78 is 28.5. The van der Waals surface area contributed by atoms with Crippen LogP contribution < -0.4 is 10.0 Å². The lowest BCUT2D eigenvalue weighted by Gasteiger charge is -2.25. The molecule has 2 atom stereocenters. The smallest absolute Gasteiger partial charge is 0.250 e. The predicted molar refractivity (Wildman–Crippen MR) is 99.1 cm³/mol. The van der Waals surface area contributed by atoms with Crippen LogP contribution in [0.1, 0.15) is 42.3 Å². The Hall–Kier alpha value is -1.70. The molecule has 1 heterocycles. The summed E-state index contributed by atoms with van der Waals surface area (Å²) in [7, 11) is -3.55. The van der Waals surface area contributed by atoms with Crippen LogP contribution >= 0.6 is 11.3 Å². The number of carbonyl (C=O) groups is 1. The minimum atomic E-state index is -3.55. The molecule has 1 aliphatic carbocycles. The minimum Gasteiger partial charge on any atom is -0.349 e. The summed E-state index contributed by atoms with van der Waals surface area (Å²) in [5.41, 5.74) is 2.52. The third-order valence-electron chi connectivity index (χ3n) is 4.38. The molecule has 0 saturated heterocycles. The summed E-state index contributed by atoms with van der Waals surface area (Å²) >= 11 is 1.20. The molecule has 2 N–H and O–H groups in total. The lowest BCUT2D eigenvalue weighted by molar-refractivity contribution is -0.119. The summed E-state index contributed by atoms with van der Waals surface area (Å²) in [5, 5.41) is 2.77. The molecule has 1 aromatic carbocycles. The number of aryl methyl sites for hydroxylation is 1. The summed E-state index contributed by atoms with van der Waals surface area (Å²) in [6.45, 7) is 3.29. The first-order chi connectivity index (χ1) is 11.8. The van der Waals surface area contributed by atoms with Crippen LogP contribution in [-0.4, -0.2) is 20.4 Å². The van der Waals surface area contributed by atoms with E-state index in [1.54, 1.807) is 12.1 Å². The van der Waals surface area contributed by atoms with E-state index < -0.39 is 10.0 Å². The second kappa shape index (κ2) is 7.27. The maximum Gasteiger partial charge on any atom is 0.250 e. The molecular weight excluding hydrogens is 356 g/mol. The molecule has 1 aliphatic rings. The highest BCUT2D eigenvalue weighted by molar-refractivity contribution is 7.91. The van der Waals surface area contributed by atoms with Crippen molar-refractivity contribution in [2.45, 2.75) is 49.4 Å². The summed E-state index contributed by atoms with van der Waals surface area (Å²) in [6, 6.07) is 11.3. The van der Waals surface area contributed by atoms with E-state index in [-0.39, 0.29) is 18.0 Å². The fraction of sp³-hybridized carbons (Fsp3) is 0.389. The van der Waals surface area contributed by atoms with Gasteiger partial charge in [0.25, 0.3) is 0 Å². The normalized spacial score (nSPS) is 18.4. The predicted octanol–water partition coefficient (Wildman–Crippen LogP) is 2.78. The Morgan fingerprint density at radius 1 is 1.20 bits per heavy atom. The van der Waals surface area contributed by atoms with Gasteiger partial charge in [-0.3, -0.25) is 4.79 Å². The largest absolute Gasteiger partial charge is 0.349 e. The lowest BCUT2D eigenvalue weighted by atomic mass is 9.89. The first kappa shape index (κ1) is 18.1. The Kier molecular flexibility index (Phi) is 5.27. The van der Waals surface area contributed by atoms with Gasteiger partial charge in [0, 0.05) is 17.8 Å². The number of fused-ring (bicyclic) bond motifs is 1. The monoisotopic (exact) mass is 378 g/mol. The zero-order chi connectivity index (χ0) is 18.0. The molecule has 0 aliphatic heterocycles. The van der Waals surface area contributed by atoms with Crippen LogP contribution in [0.2, 0.25) is 0 Å². The molecule has 1 amide bonds. The topological polar surface area (TPSA) is 75.3 Å². The first-order valence-corrected chi connectivity index (χ1v) is 10.6. The number of benzene rings is 1. The van der Waals surface area contributed by atoms with Crippen molar-refractivity contribution in [3.63, 3.8) is 0 Å². The van der Waals surface area contributed by atoms with Crippen molar-refractivity contribution in [2.75, 3.05) is 0 Å². The number of amides is 1. The van der Waals surface area contributed by atoms with E-state index >= 15 is 0 Å². The Balaban J connectivity index is 1.71. The van der Waals surface area contributed by atoms with Crippen molar-refractivity contribution < 1.29 is 13.2 Å². The molecule has 0 bridgehead atoms. The van der Waals surface area contributed by atoms with Gasteiger partial charge in [-0.05, 0) is 49.4 Å². The van der Waals surface area contributed by atoms with Crippen LogP contribution in [0.15, 0.2) is 40.6 Å². The van der Waals surface area contributed by atoms with Crippen molar-refractivity contribution in [3.05, 3.63) is 52.4 Å². The Morgan fingerprint density at radius 2 is 1.92 bits per heavy atom. The molecule has 2 unspecified atom stereocenters. The molecule has 0 fully saturated rings. The van der Waals surface area contributed by atoms with Crippen LogP contribution in [-0.2, 0) is 27.7 Å². The van der Waals surface area contributed by atoms with E-state index in [4.69, 9.17) is 0 Å². The van der Waals surface area contributed by atoms with Crippen LogP contribution in [0.4, 0.5) is 0 Å². The third-order valence-corrected chi connectivity index (χ3v) is 7.66. The van der Waals surface area contributed by atoms with Gasteiger partial charge in [0.1, 0.15) is 4.21 Å². The number of thiophene rings is 1. The highest BCUT2D eigenvalue weighted by Crippen LogP contribution is 2.28. The Labute approximate surface area is 152 Å². The summed E-state index contributed by atoms with van der Waals surface area (Å²) in [5.74, 6) is -0.135. The quantitative estimate of drug-likeness (QED) is 0.840. The summed E-state index contributed by atoms with van der Waals surface area (Å²) in [6.07, 6.45) is 2.41. The maximum atomic E-state index is 12.7. The average Bonchev–Trinajstić information content (AvgIpc) is 3.05. The van der Waals surface area contributed by atoms with E-state index in [0.717, 1.165) is 24.1 Å². The second-order valence-corrected chi connectivity index (χ2v) is 9.46. The SMILES string of the molecule is CC(=O)NC(C)c1ccc(S(=O)(=O)NC2CCc3ccccc3C2)s1. The molecule has 2 aromatic rings. The Bertz CT molecular complexity index is 874. The zero-order valence-corrected chi connectivity index (χ0v) is 15.9. The number of carbonyl (C=O) groups excluding carboxylic acids is 1. The van der Waals surface area contributed by atoms with Crippen molar-refractivity contribution in [1.29, 1.82) is 0 Å². The number of hydrogen-bond donors (Lipinski definition) is 2. The van der Waals surface area contributed by atoms with Crippen molar-refractivity contribution in [1.82, 2.24) is 10.0 Å². The fourth-order valence-electron chi connectivity index (χ4n) is 3.16. The van der Waals surface area contributed by atoms with Crippen LogP contribution in [0, 0.1) is 0 Å². The summed E-state index contributed by atoms with van der Waals surface area (Å²) in [4.78, 5) is 12.0. The number of rotatable bonds is 5. The molecule has 0 radical (unpaired) electrons. The molecular formula is C18H22N2O3S2. The van der Waals surface area contributed by atoms with E-state index in [0.29, 0.717) is 4.21 Å². The number of sulfonamides is 1. The van der Waals surface area contributed by atoms with Gasteiger partial charge in [-0.2, -0.15) is 0 Å². The average molecular weight is 379 g/mol. The van der Waals surface area contributed by atoms with Gasteiger partial charge < -0.3 is 5.32 Å². The molecule has 5 nitrogen and oxygen atoms in total. The van der Waals surface area contributed by atoms with Crippen LogP contribution in [0.3, 0.4) is 0 Å². The van der Waals surface area contributed by atoms with Gasteiger partial charge in [0.05, 0.1) is 6.04 Å². The molecule has 0 saturated carbocycles. The number of nitrogens with one attached hydrogen (secondary N) is 2. The van der Waals surface area contributed by atoms with Gasteiger partial charge in [-0.15, -0.1) is 11.3 Å². The van der Waals surface area contributed by atoms with Gasteiger partial charge >= 0.3 is 0 Å². The van der Waals surface area contributed by atoms with Crippen LogP contribution in [0.25, 0.3) is 0 Å². The maximum absolute atomic E-state index is 12.7. The van der Waals surface area contributed by atoms with E-state index in [9.17, 15) is 13.2 Å². The number of hydrogen-bond acceptors (Lipinski definition) is 4. The van der Waals surface area contributed by atoms with Crippen molar-refractivity contribution in [2.24, 2.45) is 0 Å². The first-order valence-electron chi connectivity index (χ1n) is 8.31. The van der Waals surface area contributed by atoms with E-state index in [2.05, 4.69) is 22.2 Å². The minimum absolute atomic E-state index is 0.0850. The fourth-order valence-corrected chi connectivity index (χ4v) is 5.78. The van der Waals surface area contributed by atoms with Gasteiger partial charge in [-0.1, -0.05) is 24.3 Å². The van der Waals surface area contributed by atoms with E-state index in [1.807, 2.05) is 19.1 Å². The van der Waals surface area contributed by atoms with Crippen LogP contribution in [0.5, 0.6) is 0 Å². The van der Waals surface area contributed by atoms with E-state index in [1.165, 1.54) is 29.4 Å². The van der Waals surface area contributed by atoms with Gasteiger partial charge in [-0.25, -0.2) is 13.1 Å². The Morgan fingerprint density at radius 3 is 2.64 bits per heavy atom. The zero-order valence-electron chi connectivity index (χ0n) is 14.3. The third kappa shape index (κ3) is 4.29.